The van der Waals surface area contributed by atoms with Crippen molar-refractivity contribution in [3.8, 4) is 0 Å². The Labute approximate surface area is 172 Å². The lowest BCUT2D eigenvalue weighted by Gasteiger charge is -2.34. The Balaban J connectivity index is 0.00000280. The van der Waals surface area contributed by atoms with Crippen molar-refractivity contribution in [2.45, 2.75) is 20.0 Å². The Morgan fingerprint density at radius 3 is 2.04 bits per heavy atom. The van der Waals surface area contributed by atoms with Gasteiger partial charge in [-0.15, -0.1) is 12.4 Å². The lowest BCUT2D eigenvalue weighted by Crippen LogP contribution is -2.47. The molecule has 1 aliphatic rings. The fourth-order valence-electron chi connectivity index (χ4n) is 3.17. The van der Waals surface area contributed by atoms with Gasteiger partial charge in [0.05, 0.1) is 0 Å². The van der Waals surface area contributed by atoms with E-state index < -0.39 is 0 Å². The number of hydrogen-bond donors (Lipinski definition) is 2. The third-order valence-electron chi connectivity index (χ3n) is 4.89. The van der Waals surface area contributed by atoms with Gasteiger partial charge < -0.3 is 16.0 Å². The number of halogens is 1. The van der Waals surface area contributed by atoms with Gasteiger partial charge in [-0.3, -0.25) is 14.5 Å². The topological polar surface area (TPSA) is 78.7 Å². The van der Waals surface area contributed by atoms with E-state index in [1.54, 1.807) is 19.1 Å². The molecule has 0 aromatic heterocycles. The number of nitrogens with two attached hydrogens (primary N) is 1. The van der Waals surface area contributed by atoms with Crippen molar-refractivity contribution < 1.29 is 9.59 Å². The number of nitrogens with one attached hydrogen (secondary N) is 1. The van der Waals surface area contributed by atoms with E-state index in [-0.39, 0.29) is 24.2 Å². The summed E-state index contributed by atoms with van der Waals surface area (Å²) in [6.45, 7) is 6.27. The van der Waals surface area contributed by atoms with E-state index in [0.29, 0.717) is 12.1 Å². The largest absolute Gasteiger partial charge is 0.340 e. The molecule has 2 amide bonds. The molecule has 2 aromatic carbocycles. The normalized spacial score (nSPS) is 14.3. The Kier molecular flexibility index (Phi) is 7.99. The number of benzene rings is 2. The van der Waals surface area contributed by atoms with Gasteiger partial charge in [-0.05, 0) is 35.4 Å². The number of rotatable bonds is 5. The summed E-state index contributed by atoms with van der Waals surface area (Å²) in [7, 11) is 0. The van der Waals surface area contributed by atoms with Crippen LogP contribution in [0.4, 0.5) is 5.69 Å². The molecule has 3 rings (SSSR count). The second kappa shape index (κ2) is 10.2. The average molecular weight is 403 g/mol. The Morgan fingerprint density at radius 1 is 0.929 bits per heavy atom. The molecule has 0 saturated carbocycles. The Bertz CT molecular complexity index is 785. The van der Waals surface area contributed by atoms with Crippen molar-refractivity contribution in [1.82, 2.24) is 9.80 Å². The SMILES string of the molecule is CC(=O)N1CCN(Cc2ccc(NC(=O)c3ccc(CN)cc3)cc2)CC1.Cl. The zero-order valence-electron chi connectivity index (χ0n) is 16.1. The van der Waals surface area contributed by atoms with Gasteiger partial charge in [-0.1, -0.05) is 24.3 Å². The van der Waals surface area contributed by atoms with E-state index in [0.717, 1.165) is 44.0 Å². The van der Waals surface area contributed by atoms with Gasteiger partial charge in [0.25, 0.3) is 5.91 Å². The number of nitrogens with zero attached hydrogens (tertiary/aromatic N) is 2. The lowest BCUT2D eigenvalue weighted by molar-refractivity contribution is -0.130. The molecular weight excluding hydrogens is 376 g/mol. The first-order valence-electron chi connectivity index (χ1n) is 9.22. The van der Waals surface area contributed by atoms with E-state index in [2.05, 4.69) is 10.2 Å². The van der Waals surface area contributed by atoms with Crippen LogP contribution in [0, 0.1) is 0 Å². The van der Waals surface area contributed by atoms with E-state index in [1.807, 2.05) is 41.3 Å². The first kappa shape index (κ1) is 21.9. The molecule has 7 heteroatoms. The zero-order chi connectivity index (χ0) is 19.2. The predicted octanol–water partition coefficient (Wildman–Crippen LogP) is 2.48. The molecule has 1 saturated heterocycles. The standard InChI is InChI=1S/C21H26N4O2.ClH/c1-16(26)25-12-10-24(11-13-25)15-18-4-8-20(9-5-18)23-21(27)19-6-2-17(14-22)3-7-19;/h2-9H,10-15,22H2,1H3,(H,23,27);1H. The van der Waals surface area contributed by atoms with Crippen molar-refractivity contribution in [2.75, 3.05) is 31.5 Å². The minimum Gasteiger partial charge on any atom is -0.340 e. The van der Waals surface area contributed by atoms with Crippen LogP contribution in [-0.2, 0) is 17.9 Å². The van der Waals surface area contributed by atoms with Crippen LogP contribution in [0.15, 0.2) is 48.5 Å². The van der Waals surface area contributed by atoms with E-state index in [4.69, 9.17) is 5.73 Å². The number of carbonyl (C=O) groups excluding carboxylic acids is 2. The third kappa shape index (κ3) is 5.79. The fraction of sp³-hybridized carbons (Fsp3) is 0.333. The molecule has 0 unspecified atom stereocenters. The molecule has 1 aliphatic heterocycles. The highest BCUT2D eigenvalue weighted by atomic mass is 35.5. The van der Waals surface area contributed by atoms with Gasteiger partial charge in [-0.25, -0.2) is 0 Å². The molecule has 1 fully saturated rings. The zero-order valence-corrected chi connectivity index (χ0v) is 16.9. The summed E-state index contributed by atoms with van der Waals surface area (Å²) in [4.78, 5) is 27.9. The van der Waals surface area contributed by atoms with Gasteiger partial charge in [0.2, 0.25) is 5.91 Å². The number of hydrogen-bond acceptors (Lipinski definition) is 4. The summed E-state index contributed by atoms with van der Waals surface area (Å²) < 4.78 is 0. The van der Waals surface area contributed by atoms with Gasteiger partial charge in [-0.2, -0.15) is 0 Å². The summed E-state index contributed by atoms with van der Waals surface area (Å²) in [6, 6.07) is 15.2. The minimum atomic E-state index is -0.133. The molecule has 3 N–H and O–H groups in total. The maximum absolute atomic E-state index is 12.3. The molecule has 0 atom stereocenters. The average Bonchev–Trinajstić information content (AvgIpc) is 2.70. The molecular formula is C21H27ClN4O2. The first-order valence-corrected chi connectivity index (χ1v) is 9.22. The van der Waals surface area contributed by atoms with E-state index in [1.165, 1.54) is 5.56 Å². The van der Waals surface area contributed by atoms with Crippen LogP contribution in [0.2, 0.25) is 0 Å². The maximum atomic E-state index is 12.3. The highest BCUT2D eigenvalue weighted by Crippen LogP contribution is 2.14. The highest BCUT2D eigenvalue weighted by molar-refractivity contribution is 6.04. The monoisotopic (exact) mass is 402 g/mol. The quantitative estimate of drug-likeness (QED) is 0.805. The van der Waals surface area contributed by atoms with Crippen LogP contribution in [0.25, 0.3) is 0 Å². The van der Waals surface area contributed by atoms with Gasteiger partial charge in [0.1, 0.15) is 0 Å². The molecule has 0 aliphatic carbocycles. The van der Waals surface area contributed by atoms with E-state index in [9.17, 15) is 9.59 Å². The lowest BCUT2D eigenvalue weighted by atomic mass is 10.1. The fourth-order valence-corrected chi connectivity index (χ4v) is 3.17. The number of carbonyl (C=O) groups is 2. The van der Waals surface area contributed by atoms with E-state index >= 15 is 0 Å². The molecule has 150 valence electrons. The summed E-state index contributed by atoms with van der Waals surface area (Å²) in [5, 5.41) is 2.92. The molecule has 0 bridgehead atoms. The van der Waals surface area contributed by atoms with Gasteiger partial charge in [0, 0.05) is 57.4 Å². The molecule has 0 spiro atoms. The number of piperazine rings is 1. The Hall–Kier alpha value is -2.41. The summed E-state index contributed by atoms with van der Waals surface area (Å²) in [5.41, 5.74) is 9.15. The molecule has 1 heterocycles. The second-order valence-corrected chi connectivity index (χ2v) is 6.83. The Morgan fingerprint density at radius 2 is 1.50 bits per heavy atom. The van der Waals surface area contributed by atoms with Crippen LogP contribution in [0.5, 0.6) is 0 Å². The third-order valence-corrected chi connectivity index (χ3v) is 4.89. The molecule has 2 aromatic rings. The van der Waals surface area contributed by atoms with Gasteiger partial charge >= 0.3 is 0 Å². The van der Waals surface area contributed by atoms with Crippen LogP contribution in [0.1, 0.15) is 28.4 Å². The summed E-state index contributed by atoms with van der Waals surface area (Å²) in [5.74, 6) is 0.0130. The molecule has 0 radical (unpaired) electrons. The van der Waals surface area contributed by atoms with Crippen molar-refractivity contribution in [3.05, 3.63) is 65.2 Å². The number of amides is 2. The van der Waals surface area contributed by atoms with Crippen LogP contribution in [-0.4, -0.2) is 47.8 Å². The van der Waals surface area contributed by atoms with Crippen LogP contribution in [0.3, 0.4) is 0 Å². The van der Waals surface area contributed by atoms with Crippen molar-refractivity contribution in [1.29, 1.82) is 0 Å². The second-order valence-electron chi connectivity index (χ2n) is 6.83. The van der Waals surface area contributed by atoms with Gasteiger partial charge in [0.15, 0.2) is 0 Å². The van der Waals surface area contributed by atoms with Crippen molar-refractivity contribution >= 4 is 29.9 Å². The van der Waals surface area contributed by atoms with Crippen molar-refractivity contribution in [3.63, 3.8) is 0 Å². The predicted molar refractivity (Wildman–Crippen MR) is 114 cm³/mol. The highest BCUT2D eigenvalue weighted by Gasteiger charge is 2.18. The van der Waals surface area contributed by atoms with Crippen molar-refractivity contribution in [2.24, 2.45) is 5.73 Å². The smallest absolute Gasteiger partial charge is 0.255 e. The molecule has 6 nitrogen and oxygen atoms in total. The summed E-state index contributed by atoms with van der Waals surface area (Å²) in [6.07, 6.45) is 0. The first-order chi connectivity index (χ1) is 13.0. The summed E-state index contributed by atoms with van der Waals surface area (Å²) >= 11 is 0. The number of anilines is 1. The minimum absolute atomic E-state index is 0. The maximum Gasteiger partial charge on any atom is 0.255 e. The van der Waals surface area contributed by atoms with Crippen LogP contribution >= 0.6 is 12.4 Å². The van der Waals surface area contributed by atoms with Crippen LogP contribution < -0.4 is 11.1 Å². The molecule has 28 heavy (non-hydrogen) atoms.